The maximum atomic E-state index is 12.3. The van der Waals surface area contributed by atoms with E-state index >= 15 is 0 Å². The molecule has 4 aromatic heterocycles. The molecule has 0 aliphatic carbocycles. The molecule has 2 amide bonds. The number of hydrogen-bond donors (Lipinski definition) is 2. The number of nitrogens with one attached hydrogen (secondary N) is 2. The van der Waals surface area contributed by atoms with Crippen LogP contribution in [0.15, 0.2) is 46.6 Å². The predicted molar refractivity (Wildman–Crippen MR) is 117 cm³/mol. The van der Waals surface area contributed by atoms with Gasteiger partial charge in [-0.05, 0) is 24.3 Å². The standard InChI is InChI=1S/C20H18N6O3S2/c1-12(27)22-10-14-4-5-16(31-14)15-11-30-20(23-15)24-17(28)6-7-18-25-19(26-29-18)13-3-2-8-21-9-13/h2-5,8-9,11H,6-7,10H2,1H3,(H,22,27)(H,23,24,28). The minimum Gasteiger partial charge on any atom is -0.351 e. The summed E-state index contributed by atoms with van der Waals surface area (Å²) >= 11 is 2.91. The maximum absolute atomic E-state index is 12.3. The molecule has 0 atom stereocenters. The molecular weight excluding hydrogens is 436 g/mol. The zero-order valence-electron chi connectivity index (χ0n) is 16.5. The summed E-state index contributed by atoms with van der Waals surface area (Å²) in [5, 5.41) is 11.9. The monoisotopic (exact) mass is 454 g/mol. The summed E-state index contributed by atoms with van der Waals surface area (Å²) in [5.41, 5.74) is 1.54. The van der Waals surface area contributed by atoms with Crippen LogP contribution in [0.25, 0.3) is 22.0 Å². The Balaban J connectivity index is 1.29. The van der Waals surface area contributed by atoms with Crippen LogP contribution < -0.4 is 10.6 Å². The molecule has 31 heavy (non-hydrogen) atoms. The quantitative estimate of drug-likeness (QED) is 0.417. The first-order chi connectivity index (χ1) is 15.1. The van der Waals surface area contributed by atoms with Crippen molar-refractivity contribution in [3.05, 3.63) is 52.8 Å². The van der Waals surface area contributed by atoms with Crippen LogP contribution in [0, 0.1) is 0 Å². The van der Waals surface area contributed by atoms with Crippen molar-refractivity contribution in [1.82, 2.24) is 25.4 Å². The number of carbonyl (C=O) groups is 2. The maximum Gasteiger partial charge on any atom is 0.227 e. The summed E-state index contributed by atoms with van der Waals surface area (Å²) in [4.78, 5) is 38.1. The molecule has 0 unspecified atom stereocenters. The summed E-state index contributed by atoms with van der Waals surface area (Å²) in [7, 11) is 0. The largest absolute Gasteiger partial charge is 0.351 e. The van der Waals surface area contributed by atoms with Gasteiger partial charge in [-0.15, -0.1) is 22.7 Å². The van der Waals surface area contributed by atoms with Crippen molar-refractivity contribution in [2.75, 3.05) is 5.32 Å². The minimum absolute atomic E-state index is 0.0672. The SMILES string of the molecule is CC(=O)NCc1ccc(-c2csc(NC(=O)CCc3nc(-c4cccnc4)no3)n2)s1. The number of nitrogens with zero attached hydrogens (tertiary/aromatic N) is 4. The lowest BCUT2D eigenvalue weighted by Crippen LogP contribution is -2.17. The van der Waals surface area contributed by atoms with E-state index in [0.29, 0.717) is 29.8 Å². The number of aromatic nitrogens is 4. The van der Waals surface area contributed by atoms with Gasteiger partial charge in [-0.2, -0.15) is 4.98 Å². The van der Waals surface area contributed by atoms with E-state index < -0.39 is 0 Å². The lowest BCUT2D eigenvalue weighted by molar-refractivity contribution is -0.119. The first-order valence-electron chi connectivity index (χ1n) is 9.39. The third-order valence-electron chi connectivity index (χ3n) is 4.13. The van der Waals surface area contributed by atoms with Gasteiger partial charge in [0.15, 0.2) is 5.13 Å². The molecule has 4 heterocycles. The first kappa shape index (κ1) is 20.8. The number of aryl methyl sites for hydroxylation is 1. The molecule has 158 valence electrons. The van der Waals surface area contributed by atoms with Crippen LogP contribution >= 0.6 is 22.7 Å². The molecule has 2 N–H and O–H groups in total. The number of pyridine rings is 1. The second kappa shape index (κ2) is 9.58. The van der Waals surface area contributed by atoms with Crippen LogP contribution in [0.5, 0.6) is 0 Å². The Hall–Kier alpha value is -3.44. The van der Waals surface area contributed by atoms with Gasteiger partial charge in [0.2, 0.25) is 23.5 Å². The molecule has 4 rings (SSSR count). The molecule has 0 aromatic carbocycles. The van der Waals surface area contributed by atoms with E-state index in [9.17, 15) is 9.59 Å². The summed E-state index contributed by atoms with van der Waals surface area (Å²) in [6.07, 6.45) is 3.85. The molecule has 0 radical (unpaired) electrons. The smallest absolute Gasteiger partial charge is 0.227 e. The fourth-order valence-electron chi connectivity index (χ4n) is 2.64. The number of thiophene rings is 1. The van der Waals surface area contributed by atoms with Gasteiger partial charge < -0.3 is 15.2 Å². The van der Waals surface area contributed by atoms with Crippen molar-refractivity contribution >= 4 is 39.6 Å². The van der Waals surface area contributed by atoms with Crippen LogP contribution in [-0.4, -0.2) is 31.9 Å². The first-order valence-corrected chi connectivity index (χ1v) is 11.1. The van der Waals surface area contributed by atoms with Crippen molar-refractivity contribution in [1.29, 1.82) is 0 Å². The van der Waals surface area contributed by atoms with Gasteiger partial charge in [0.05, 0.1) is 17.1 Å². The number of carbonyl (C=O) groups excluding carboxylic acids is 2. The molecule has 0 saturated heterocycles. The fourth-order valence-corrected chi connectivity index (χ4v) is 4.35. The molecular formula is C20H18N6O3S2. The van der Waals surface area contributed by atoms with E-state index in [2.05, 4.69) is 30.7 Å². The Labute approximate surface area is 185 Å². The van der Waals surface area contributed by atoms with Gasteiger partial charge in [0, 0.05) is 48.0 Å². The highest BCUT2D eigenvalue weighted by molar-refractivity contribution is 7.17. The number of amides is 2. The normalized spacial score (nSPS) is 10.7. The van der Waals surface area contributed by atoms with Crippen molar-refractivity contribution in [3.8, 4) is 22.0 Å². The highest BCUT2D eigenvalue weighted by Gasteiger charge is 2.13. The van der Waals surface area contributed by atoms with Gasteiger partial charge in [-0.1, -0.05) is 5.16 Å². The van der Waals surface area contributed by atoms with Crippen molar-refractivity contribution in [3.63, 3.8) is 0 Å². The summed E-state index contributed by atoms with van der Waals surface area (Å²) < 4.78 is 5.21. The van der Waals surface area contributed by atoms with Gasteiger partial charge in [0.25, 0.3) is 0 Å². The Bertz CT molecular complexity index is 1180. The number of thiazole rings is 1. The van der Waals surface area contributed by atoms with E-state index in [0.717, 1.165) is 21.0 Å². The van der Waals surface area contributed by atoms with Gasteiger partial charge >= 0.3 is 0 Å². The van der Waals surface area contributed by atoms with Crippen molar-refractivity contribution in [2.24, 2.45) is 0 Å². The van der Waals surface area contributed by atoms with Crippen LogP contribution in [-0.2, 0) is 22.6 Å². The summed E-state index contributed by atoms with van der Waals surface area (Å²) in [6.45, 7) is 1.98. The van der Waals surface area contributed by atoms with Crippen molar-refractivity contribution in [2.45, 2.75) is 26.3 Å². The van der Waals surface area contributed by atoms with Crippen LogP contribution in [0.4, 0.5) is 5.13 Å². The number of rotatable bonds is 8. The molecule has 0 saturated carbocycles. The average molecular weight is 455 g/mol. The highest BCUT2D eigenvalue weighted by atomic mass is 32.1. The summed E-state index contributed by atoms with van der Waals surface area (Å²) in [5.74, 6) is 0.586. The Morgan fingerprint density at radius 2 is 2.10 bits per heavy atom. The van der Waals surface area contributed by atoms with Crippen LogP contribution in [0.1, 0.15) is 24.1 Å². The van der Waals surface area contributed by atoms with E-state index in [1.165, 1.54) is 18.3 Å². The van der Waals surface area contributed by atoms with Gasteiger partial charge in [-0.3, -0.25) is 14.6 Å². The fraction of sp³-hybridized carbons (Fsp3) is 0.200. The molecule has 0 aliphatic heterocycles. The third kappa shape index (κ3) is 5.58. The second-order valence-corrected chi connectivity index (χ2v) is 8.54. The molecule has 11 heteroatoms. The number of anilines is 1. The Kier molecular flexibility index (Phi) is 6.43. The van der Waals surface area contributed by atoms with E-state index in [1.807, 2.05) is 23.6 Å². The Morgan fingerprint density at radius 3 is 2.90 bits per heavy atom. The molecule has 0 bridgehead atoms. The van der Waals surface area contributed by atoms with Crippen LogP contribution in [0.2, 0.25) is 0 Å². The average Bonchev–Trinajstić information content (AvgIpc) is 3.52. The lowest BCUT2D eigenvalue weighted by atomic mass is 10.2. The Morgan fingerprint density at radius 1 is 1.19 bits per heavy atom. The highest BCUT2D eigenvalue weighted by Crippen LogP contribution is 2.30. The summed E-state index contributed by atoms with van der Waals surface area (Å²) in [6, 6.07) is 7.54. The zero-order valence-corrected chi connectivity index (χ0v) is 18.1. The van der Waals surface area contributed by atoms with Crippen LogP contribution in [0.3, 0.4) is 0 Å². The molecule has 9 nitrogen and oxygen atoms in total. The van der Waals surface area contributed by atoms with E-state index in [-0.39, 0.29) is 18.2 Å². The van der Waals surface area contributed by atoms with E-state index in [1.54, 1.807) is 29.8 Å². The third-order valence-corrected chi connectivity index (χ3v) is 6.00. The van der Waals surface area contributed by atoms with E-state index in [4.69, 9.17) is 4.52 Å². The molecule has 0 aliphatic rings. The molecule has 4 aromatic rings. The lowest BCUT2D eigenvalue weighted by Gasteiger charge is -1.99. The zero-order chi connectivity index (χ0) is 21.6. The number of hydrogen-bond acceptors (Lipinski definition) is 9. The van der Waals surface area contributed by atoms with Gasteiger partial charge in [-0.25, -0.2) is 4.98 Å². The van der Waals surface area contributed by atoms with Gasteiger partial charge in [0.1, 0.15) is 0 Å². The van der Waals surface area contributed by atoms with Crippen molar-refractivity contribution < 1.29 is 14.1 Å². The minimum atomic E-state index is -0.181. The molecule has 0 spiro atoms. The second-order valence-electron chi connectivity index (χ2n) is 6.52. The topological polar surface area (TPSA) is 123 Å². The molecule has 0 fully saturated rings. The predicted octanol–water partition coefficient (Wildman–Crippen LogP) is 3.52.